The van der Waals surface area contributed by atoms with Crippen molar-refractivity contribution in [2.24, 2.45) is 0 Å². The number of nitrogens with one attached hydrogen (secondary N) is 1. The molecule has 0 atom stereocenters. The number of ether oxygens (including phenoxy) is 1. The maximum atomic E-state index is 13.6. The first kappa shape index (κ1) is 14.0. The molecule has 1 aromatic rings. The molecule has 0 radical (unpaired) electrons. The van der Waals surface area contributed by atoms with Crippen LogP contribution in [0.3, 0.4) is 0 Å². The largest absolute Gasteiger partial charge is 0.491 e. The van der Waals surface area contributed by atoms with Gasteiger partial charge in [0.25, 0.3) is 0 Å². The standard InChI is InChI=1S/C15H21FN2O/c1-2-19-15-6-5-13(12-14(15)16)4-3-9-18-10-7-17-8-11-18/h3-6,12,17H,2,7-11H2,1H3/b4-3+. The van der Waals surface area contributed by atoms with Crippen LogP contribution in [0.2, 0.25) is 0 Å². The molecule has 0 spiro atoms. The van der Waals surface area contributed by atoms with Gasteiger partial charge < -0.3 is 10.1 Å². The van der Waals surface area contributed by atoms with Crippen LogP contribution in [0.4, 0.5) is 4.39 Å². The van der Waals surface area contributed by atoms with Crippen molar-refractivity contribution in [2.75, 3.05) is 39.3 Å². The summed E-state index contributed by atoms with van der Waals surface area (Å²) in [5.41, 5.74) is 0.871. The van der Waals surface area contributed by atoms with E-state index in [0.29, 0.717) is 12.4 Å². The summed E-state index contributed by atoms with van der Waals surface area (Å²) >= 11 is 0. The van der Waals surface area contributed by atoms with E-state index in [2.05, 4.69) is 16.3 Å². The van der Waals surface area contributed by atoms with Gasteiger partial charge in [-0.2, -0.15) is 0 Å². The molecule has 0 saturated carbocycles. The van der Waals surface area contributed by atoms with E-state index in [-0.39, 0.29) is 5.82 Å². The van der Waals surface area contributed by atoms with Crippen molar-refractivity contribution < 1.29 is 9.13 Å². The number of rotatable bonds is 5. The van der Waals surface area contributed by atoms with Gasteiger partial charge in [0.15, 0.2) is 11.6 Å². The first-order chi connectivity index (χ1) is 9.29. The summed E-state index contributed by atoms with van der Waals surface area (Å²) in [5.74, 6) is 0.0212. The molecule has 19 heavy (non-hydrogen) atoms. The number of hydrogen-bond donors (Lipinski definition) is 1. The molecule has 1 aliphatic heterocycles. The van der Waals surface area contributed by atoms with Crippen molar-refractivity contribution in [3.8, 4) is 5.75 Å². The third-order valence-electron chi connectivity index (χ3n) is 3.14. The van der Waals surface area contributed by atoms with Gasteiger partial charge in [-0.1, -0.05) is 18.2 Å². The fraction of sp³-hybridized carbons (Fsp3) is 0.467. The van der Waals surface area contributed by atoms with E-state index in [1.807, 2.05) is 19.1 Å². The van der Waals surface area contributed by atoms with Crippen LogP contribution in [-0.2, 0) is 0 Å². The first-order valence-electron chi connectivity index (χ1n) is 6.81. The van der Waals surface area contributed by atoms with Crippen LogP contribution in [0.25, 0.3) is 6.08 Å². The van der Waals surface area contributed by atoms with Crippen molar-refractivity contribution in [1.29, 1.82) is 0 Å². The molecule has 0 aromatic heterocycles. The fourth-order valence-corrected chi connectivity index (χ4v) is 2.12. The minimum atomic E-state index is -0.300. The summed E-state index contributed by atoms with van der Waals surface area (Å²) < 4.78 is 18.8. The van der Waals surface area contributed by atoms with Gasteiger partial charge in [0.2, 0.25) is 0 Å². The molecule has 1 fully saturated rings. The van der Waals surface area contributed by atoms with E-state index < -0.39 is 0 Å². The van der Waals surface area contributed by atoms with Gasteiger partial charge >= 0.3 is 0 Å². The molecule has 1 aromatic carbocycles. The smallest absolute Gasteiger partial charge is 0.165 e. The minimum Gasteiger partial charge on any atom is -0.491 e. The van der Waals surface area contributed by atoms with Crippen LogP contribution in [0, 0.1) is 5.82 Å². The van der Waals surface area contributed by atoms with Gasteiger partial charge in [-0.15, -0.1) is 0 Å². The fourth-order valence-electron chi connectivity index (χ4n) is 2.12. The monoisotopic (exact) mass is 264 g/mol. The molecule has 104 valence electrons. The second-order valence-corrected chi connectivity index (χ2v) is 4.58. The first-order valence-corrected chi connectivity index (χ1v) is 6.81. The predicted molar refractivity (Wildman–Crippen MR) is 75.9 cm³/mol. The van der Waals surface area contributed by atoms with Crippen molar-refractivity contribution >= 4 is 6.08 Å². The van der Waals surface area contributed by atoms with Gasteiger partial charge in [-0.05, 0) is 24.6 Å². The Hall–Kier alpha value is -1.39. The zero-order chi connectivity index (χ0) is 13.5. The van der Waals surface area contributed by atoms with E-state index in [9.17, 15) is 4.39 Å². The average Bonchev–Trinajstić information content (AvgIpc) is 2.43. The molecule has 1 heterocycles. The van der Waals surface area contributed by atoms with Crippen LogP contribution in [0.1, 0.15) is 12.5 Å². The minimum absolute atomic E-state index is 0.300. The Bertz CT molecular complexity index is 428. The Morgan fingerprint density at radius 2 is 2.16 bits per heavy atom. The lowest BCUT2D eigenvalue weighted by Crippen LogP contribution is -2.43. The Balaban J connectivity index is 1.89. The molecular formula is C15H21FN2O. The highest BCUT2D eigenvalue weighted by Crippen LogP contribution is 2.19. The third kappa shape index (κ3) is 4.33. The summed E-state index contributed by atoms with van der Waals surface area (Å²) in [4.78, 5) is 2.37. The molecule has 0 amide bonds. The number of hydrogen-bond acceptors (Lipinski definition) is 3. The molecule has 4 heteroatoms. The van der Waals surface area contributed by atoms with Crippen LogP contribution >= 0.6 is 0 Å². The number of halogens is 1. The summed E-state index contributed by atoms with van der Waals surface area (Å²) in [7, 11) is 0. The third-order valence-corrected chi connectivity index (χ3v) is 3.14. The average molecular weight is 264 g/mol. The predicted octanol–water partition coefficient (Wildman–Crippen LogP) is 2.14. The zero-order valence-corrected chi connectivity index (χ0v) is 11.4. The molecule has 3 nitrogen and oxygen atoms in total. The Morgan fingerprint density at radius 1 is 1.37 bits per heavy atom. The Labute approximate surface area is 114 Å². The zero-order valence-electron chi connectivity index (χ0n) is 11.4. The lowest BCUT2D eigenvalue weighted by molar-refractivity contribution is 0.265. The highest BCUT2D eigenvalue weighted by Gasteiger charge is 2.07. The van der Waals surface area contributed by atoms with E-state index in [1.165, 1.54) is 6.07 Å². The molecule has 0 bridgehead atoms. The van der Waals surface area contributed by atoms with Crippen molar-refractivity contribution in [2.45, 2.75) is 6.92 Å². The van der Waals surface area contributed by atoms with Crippen molar-refractivity contribution in [3.05, 3.63) is 35.7 Å². The Kier molecular flexibility index (Phi) is 5.36. The molecule has 1 N–H and O–H groups in total. The van der Waals surface area contributed by atoms with E-state index in [4.69, 9.17) is 4.74 Å². The molecule has 0 aliphatic carbocycles. The van der Waals surface area contributed by atoms with Crippen LogP contribution < -0.4 is 10.1 Å². The SMILES string of the molecule is CCOc1ccc(/C=C/CN2CCNCC2)cc1F. The highest BCUT2D eigenvalue weighted by atomic mass is 19.1. The quantitative estimate of drug-likeness (QED) is 0.882. The van der Waals surface area contributed by atoms with Gasteiger partial charge in [0.1, 0.15) is 0 Å². The van der Waals surface area contributed by atoms with Crippen molar-refractivity contribution in [3.63, 3.8) is 0 Å². The molecule has 2 rings (SSSR count). The molecule has 0 unspecified atom stereocenters. The summed E-state index contributed by atoms with van der Waals surface area (Å²) in [6, 6.07) is 5.07. The summed E-state index contributed by atoms with van der Waals surface area (Å²) in [6.07, 6.45) is 4.04. The van der Waals surface area contributed by atoms with Gasteiger partial charge in [0.05, 0.1) is 6.61 Å². The number of piperazine rings is 1. The Morgan fingerprint density at radius 3 is 2.84 bits per heavy atom. The normalized spacial score (nSPS) is 16.9. The van der Waals surface area contributed by atoms with Crippen LogP contribution in [0.15, 0.2) is 24.3 Å². The topological polar surface area (TPSA) is 24.5 Å². The lowest BCUT2D eigenvalue weighted by atomic mass is 10.2. The summed E-state index contributed by atoms with van der Waals surface area (Å²) in [5, 5.41) is 3.32. The molecule has 1 aliphatic rings. The van der Waals surface area contributed by atoms with Crippen molar-refractivity contribution in [1.82, 2.24) is 10.2 Å². The lowest BCUT2D eigenvalue weighted by Gasteiger charge is -2.25. The van der Waals surface area contributed by atoms with Gasteiger partial charge in [-0.25, -0.2) is 4.39 Å². The van der Waals surface area contributed by atoms with E-state index in [0.717, 1.165) is 38.3 Å². The van der Waals surface area contributed by atoms with Gasteiger partial charge in [0, 0.05) is 32.7 Å². The van der Waals surface area contributed by atoms with E-state index >= 15 is 0 Å². The molecular weight excluding hydrogens is 243 g/mol. The van der Waals surface area contributed by atoms with Gasteiger partial charge in [-0.3, -0.25) is 4.90 Å². The van der Waals surface area contributed by atoms with E-state index in [1.54, 1.807) is 6.07 Å². The van der Waals surface area contributed by atoms with Crippen LogP contribution in [0.5, 0.6) is 5.75 Å². The summed E-state index contributed by atoms with van der Waals surface area (Å²) in [6.45, 7) is 7.48. The highest BCUT2D eigenvalue weighted by molar-refractivity contribution is 5.51. The maximum absolute atomic E-state index is 13.6. The maximum Gasteiger partial charge on any atom is 0.165 e. The molecule has 1 saturated heterocycles. The van der Waals surface area contributed by atoms with Crippen LogP contribution in [-0.4, -0.2) is 44.2 Å². The second-order valence-electron chi connectivity index (χ2n) is 4.58. The number of nitrogens with zero attached hydrogens (tertiary/aromatic N) is 1. The number of benzene rings is 1. The second kappa shape index (κ2) is 7.26.